The molecular weight excluding hydrogens is 278 g/mol. The minimum atomic E-state index is 0.584. The molecule has 2 aromatic rings. The first kappa shape index (κ1) is 16.8. The minimum absolute atomic E-state index is 0.584. The number of hydrogen-bond acceptors (Lipinski definition) is 1. The maximum Gasteiger partial charge on any atom is 0.0659 e. The molecule has 0 fully saturated rings. The zero-order valence-electron chi connectivity index (χ0n) is 14.2. The summed E-state index contributed by atoms with van der Waals surface area (Å²) in [6.45, 7) is 10.2. The Kier molecular flexibility index (Phi) is 5.55. The molecule has 0 atom stereocenters. The van der Waals surface area contributed by atoms with E-state index in [0.717, 1.165) is 24.1 Å². The molecule has 0 aliphatic heterocycles. The van der Waals surface area contributed by atoms with E-state index in [1.807, 2.05) is 6.07 Å². The average Bonchev–Trinajstić information content (AvgIpc) is 2.53. The van der Waals surface area contributed by atoms with E-state index in [1.54, 1.807) is 6.21 Å². The number of aliphatic imine (C=N–C) groups is 1. The Hall–Kier alpha value is -2.59. The van der Waals surface area contributed by atoms with Gasteiger partial charge in [-0.05, 0) is 55.0 Å². The van der Waals surface area contributed by atoms with Gasteiger partial charge in [0.05, 0.1) is 5.69 Å². The molecule has 1 nitrogen and oxygen atoms in total. The smallest absolute Gasteiger partial charge is 0.0659 e. The third-order valence-corrected chi connectivity index (χ3v) is 3.82. The number of hydrogen-bond donors (Lipinski definition) is 0. The number of terminal acetylenes is 1. The van der Waals surface area contributed by atoms with Crippen LogP contribution < -0.4 is 0 Å². The van der Waals surface area contributed by atoms with Crippen molar-refractivity contribution in [3.8, 4) is 12.3 Å². The van der Waals surface area contributed by atoms with Gasteiger partial charge in [0.1, 0.15) is 0 Å². The lowest BCUT2D eigenvalue weighted by Gasteiger charge is -2.08. The number of allylic oxidation sites excluding steroid dienone is 1. The minimum Gasteiger partial charge on any atom is -0.255 e. The summed E-state index contributed by atoms with van der Waals surface area (Å²) in [4.78, 5) is 4.40. The zero-order valence-corrected chi connectivity index (χ0v) is 14.2. The molecular formula is C22H23N. The van der Waals surface area contributed by atoms with E-state index in [-0.39, 0.29) is 0 Å². The molecule has 0 bridgehead atoms. The van der Waals surface area contributed by atoms with Crippen LogP contribution in [0.1, 0.15) is 34.7 Å². The highest BCUT2D eigenvalue weighted by atomic mass is 14.7. The molecule has 0 amide bonds. The molecule has 0 unspecified atom stereocenters. The van der Waals surface area contributed by atoms with Crippen molar-refractivity contribution in [3.63, 3.8) is 0 Å². The first-order valence-electron chi connectivity index (χ1n) is 7.90. The Morgan fingerprint density at radius 2 is 1.87 bits per heavy atom. The fourth-order valence-electron chi connectivity index (χ4n) is 2.65. The van der Waals surface area contributed by atoms with E-state index in [4.69, 9.17) is 6.42 Å². The van der Waals surface area contributed by atoms with Gasteiger partial charge in [0, 0.05) is 11.8 Å². The quantitative estimate of drug-likeness (QED) is 0.521. The van der Waals surface area contributed by atoms with Crippen molar-refractivity contribution in [2.24, 2.45) is 4.99 Å². The van der Waals surface area contributed by atoms with E-state index in [0.29, 0.717) is 5.57 Å². The van der Waals surface area contributed by atoms with Gasteiger partial charge in [0.15, 0.2) is 0 Å². The number of benzene rings is 2. The molecule has 0 aromatic heterocycles. The standard InChI is InChI=1S/C22H23N/c1-6-16(3)15-23-22-9-8-20(12-18(22)5)14-21-11-17(4)10-19(7-2)13-21/h1,8-13,15H,3,7,14H2,2,4-5H3/b23-15-. The summed E-state index contributed by atoms with van der Waals surface area (Å²) >= 11 is 0. The first-order valence-corrected chi connectivity index (χ1v) is 7.90. The van der Waals surface area contributed by atoms with Crippen LogP contribution in [0.2, 0.25) is 0 Å². The highest BCUT2D eigenvalue weighted by molar-refractivity contribution is 5.85. The average molecular weight is 301 g/mol. The second-order valence-electron chi connectivity index (χ2n) is 5.91. The summed E-state index contributed by atoms with van der Waals surface area (Å²) in [6, 6.07) is 13.2. The molecule has 2 aromatic carbocycles. The molecule has 0 saturated carbocycles. The van der Waals surface area contributed by atoms with Gasteiger partial charge < -0.3 is 0 Å². The fraction of sp³-hybridized carbons (Fsp3) is 0.227. The lowest BCUT2D eigenvalue weighted by atomic mass is 9.98. The van der Waals surface area contributed by atoms with Crippen LogP contribution in [-0.4, -0.2) is 6.21 Å². The Morgan fingerprint density at radius 3 is 2.52 bits per heavy atom. The first-order chi connectivity index (χ1) is 11.0. The Morgan fingerprint density at radius 1 is 1.13 bits per heavy atom. The van der Waals surface area contributed by atoms with E-state index in [1.165, 1.54) is 22.3 Å². The monoisotopic (exact) mass is 301 g/mol. The highest BCUT2D eigenvalue weighted by Crippen LogP contribution is 2.22. The summed E-state index contributed by atoms with van der Waals surface area (Å²) in [7, 11) is 0. The van der Waals surface area contributed by atoms with Gasteiger partial charge in [0.25, 0.3) is 0 Å². The van der Waals surface area contributed by atoms with Crippen molar-refractivity contribution in [3.05, 3.63) is 76.4 Å². The van der Waals surface area contributed by atoms with Gasteiger partial charge in [-0.25, -0.2) is 0 Å². The van der Waals surface area contributed by atoms with Crippen LogP contribution in [0.4, 0.5) is 5.69 Å². The van der Waals surface area contributed by atoms with Crippen LogP contribution in [0.25, 0.3) is 0 Å². The lowest BCUT2D eigenvalue weighted by molar-refractivity contribution is 1.09. The molecule has 0 radical (unpaired) electrons. The molecule has 116 valence electrons. The van der Waals surface area contributed by atoms with Crippen LogP contribution in [0, 0.1) is 26.2 Å². The van der Waals surface area contributed by atoms with Crippen LogP contribution >= 0.6 is 0 Å². The van der Waals surface area contributed by atoms with Gasteiger partial charge in [-0.1, -0.05) is 55.3 Å². The Labute approximate surface area is 139 Å². The molecule has 0 saturated heterocycles. The predicted octanol–water partition coefficient (Wildman–Crippen LogP) is 5.35. The van der Waals surface area contributed by atoms with Crippen molar-refractivity contribution in [2.75, 3.05) is 0 Å². The van der Waals surface area contributed by atoms with Gasteiger partial charge in [0.2, 0.25) is 0 Å². The van der Waals surface area contributed by atoms with Crippen LogP contribution in [0.3, 0.4) is 0 Å². The summed E-state index contributed by atoms with van der Waals surface area (Å²) in [5, 5.41) is 0. The molecule has 0 N–H and O–H groups in total. The lowest BCUT2D eigenvalue weighted by Crippen LogP contribution is -1.93. The molecule has 0 spiro atoms. The number of nitrogens with zero attached hydrogens (tertiary/aromatic N) is 1. The Balaban J connectivity index is 2.21. The van der Waals surface area contributed by atoms with E-state index in [9.17, 15) is 0 Å². The second kappa shape index (κ2) is 7.61. The molecule has 0 aliphatic rings. The predicted molar refractivity (Wildman–Crippen MR) is 101 cm³/mol. The van der Waals surface area contributed by atoms with Gasteiger partial charge >= 0.3 is 0 Å². The van der Waals surface area contributed by atoms with Gasteiger partial charge in [-0.3, -0.25) is 4.99 Å². The second-order valence-corrected chi connectivity index (χ2v) is 5.91. The SMILES string of the molecule is C#CC(=C)/C=N\c1ccc(Cc2cc(C)cc(CC)c2)cc1C. The molecule has 1 heteroatoms. The van der Waals surface area contributed by atoms with E-state index >= 15 is 0 Å². The molecule has 0 heterocycles. The fourth-order valence-corrected chi connectivity index (χ4v) is 2.65. The molecule has 2 rings (SSSR count). The molecule has 0 aliphatic carbocycles. The third-order valence-electron chi connectivity index (χ3n) is 3.82. The van der Waals surface area contributed by atoms with Crippen molar-refractivity contribution >= 4 is 11.9 Å². The maximum atomic E-state index is 5.28. The summed E-state index contributed by atoms with van der Waals surface area (Å²) in [6.07, 6.45) is 8.93. The number of rotatable bonds is 5. The molecule has 23 heavy (non-hydrogen) atoms. The topological polar surface area (TPSA) is 12.4 Å². The van der Waals surface area contributed by atoms with Crippen LogP contribution in [0.5, 0.6) is 0 Å². The summed E-state index contributed by atoms with van der Waals surface area (Å²) < 4.78 is 0. The van der Waals surface area contributed by atoms with Crippen molar-refractivity contribution < 1.29 is 0 Å². The zero-order chi connectivity index (χ0) is 16.8. The summed E-state index contributed by atoms with van der Waals surface area (Å²) in [5.41, 5.74) is 8.04. The van der Waals surface area contributed by atoms with Crippen molar-refractivity contribution in [1.82, 2.24) is 0 Å². The number of aryl methyl sites for hydroxylation is 3. The normalized spacial score (nSPS) is 10.7. The third kappa shape index (κ3) is 4.69. The largest absolute Gasteiger partial charge is 0.255 e. The van der Waals surface area contributed by atoms with Gasteiger partial charge in [-0.2, -0.15) is 0 Å². The van der Waals surface area contributed by atoms with E-state index in [2.05, 4.69) is 68.6 Å². The van der Waals surface area contributed by atoms with Crippen LogP contribution in [-0.2, 0) is 12.8 Å². The van der Waals surface area contributed by atoms with Gasteiger partial charge in [-0.15, -0.1) is 6.42 Å². The van der Waals surface area contributed by atoms with Crippen molar-refractivity contribution in [2.45, 2.75) is 33.6 Å². The van der Waals surface area contributed by atoms with Crippen LogP contribution in [0.15, 0.2) is 53.5 Å². The summed E-state index contributed by atoms with van der Waals surface area (Å²) in [5.74, 6) is 2.47. The highest BCUT2D eigenvalue weighted by Gasteiger charge is 2.03. The Bertz CT molecular complexity index is 788. The van der Waals surface area contributed by atoms with E-state index < -0.39 is 0 Å². The maximum absolute atomic E-state index is 5.28. The van der Waals surface area contributed by atoms with Crippen molar-refractivity contribution in [1.29, 1.82) is 0 Å².